The number of aromatic nitrogens is 8. The second-order valence-electron chi connectivity index (χ2n) is 10.9. The molecule has 9 rings (SSSR count). The number of nitrogens with zero attached hydrogens (tertiary/aromatic N) is 11. The maximum Gasteiger partial charge on any atom is 0.384 e. The molecule has 0 aliphatic carbocycles. The summed E-state index contributed by atoms with van der Waals surface area (Å²) in [6.07, 6.45) is 3.51. The van der Waals surface area contributed by atoms with Crippen LogP contribution in [0.5, 0.6) is 11.5 Å². The third-order valence-corrected chi connectivity index (χ3v) is 17.7. The summed E-state index contributed by atoms with van der Waals surface area (Å²) in [4.78, 5) is 0. The number of hydrogen-bond acceptors (Lipinski definition) is 9. The summed E-state index contributed by atoms with van der Waals surface area (Å²) < 4.78 is 38.3. The molecule has 3 aliphatic heterocycles. The molecule has 0 radical (unpaired) electrons. The van der Waals surface area contributed by atoms with E-state index >= 15 is 0 Å². The second-order valence-corrected chi connectivity index (χ2v) is 18.0. The predicted molar refractivity (Wildman–Crippen MR) is 170 cm³/mol. The van der Waals surface area contributed by atoms with Crippen LogP contribution in [0, 0.1) is 27.7 Å². The second kappa shape index (κ2) is 8.82. The first kappa shape index (κ1) is 26.0. The Morgan fingerprint density at radius 3 is 1.50 bits per heavy atom. The summed E-state index contributed by atoms with van der Waals surface area (Å²) in [7, 11) is -10.3. The van der Waals surface area contributed by atoms with Gasteiger partial charge in [0.15, 0.2) is 0 Å². The minimum absolute atomic E-state index is 0.666. The molecule has 0 saturated heterocycles. The molecular formula is C28H26N11O2P3. The van der Waals surface area contributed by atoms with E-state index in [0.717, 1.165) is 45.3 Å². The van der Waals surface area contributed by atoms with Crippen LogP contribution in [0.25, 0.3) is 22.5 Å². The molecule has 0 amide bonds. The maximum atomic E-state index is 7.01. The van der Waals surface area contributed by atoms with Gasteiger partial charge in [0.2, 0.25) is 0 Å². The lowest BCUT2D eigenvalue weighted by atomic mass is 10.1. The van der Waals surface area contributed by atoms with Crippen LogP contribution < -0.4 is 9.05 Å². The highest BCUT2D eigenvalue weighted by Gasteiger charge is 2.51. The first-order chi connectivity index (χ1) is 21.3. The van der Waals surface area contributed by atoms with Crippen LogP contribution in [0.15, 0.2) is 98.7 Å². The third kappa shape index (κ3) is 3.40. The highest BCUT2D eigenvalue weighted by molar-refractivity contribution is 7.82. The molecule has 4 aromatic heterocycles. The third-order valence-electron chi connectivity index (χ3n) is 7.69. The highest BCUT2D eigenvalue weighted by Crippen LogP contribution is 2.81. The van der Waals surface area contributed by atoms with E-state index in [-0.39, 0.29) is 0 Å². The molecule has 0 bridgehead atoms. The van der Waals surface area contributed by atoms with E-state index in [1.165, 1.54) is 0 Å². The Kier molecular flexibility index (Phi) is 5.21. The zero-order valence-electron chi connectivity index (χ0n) is 24.2. The average Bonchev–Trinajstić information content (AvgIpc) is 3.80. The van der Waals surface area contributed by atoms with Crippen molar-refractivity contribution < 1.29 is 9.05 Å². The van der Waals surface area contributed by atoms with Crippen LogP contribution in [0.4, 0.5) is 0 Å². The lowest BCUT2D eigenvalue weighted by Gasteiger charge is -2.38. The van der Waals surface area contributed by atoms with Crippen molar-refractivity contribution in [3.8, 4) is 34.0 Å². The van der Waals surface area contributed by atoms with E-state index < -0.39 is 22.7 Å². The normalized spacial score (nSPS) is 22.0. The fourth-order valence-electron chi connectivity index (χ4n) is 6.01. The van der Waals surface area contributed by atoms with Gasteiger partial charge in [-0.15, -0.1) is 13.5 Å². The monoisotopic (exact) mass is 641 g/mol. The molecular weight excluding hydrogens is 615 g/mol. The molecule has 13 nitrogen and oxygen atoms in total. The van der Waals surface area contributed by atoms with E-state index in [1.54, 1.807) is 12.4 Å². The van der Waals surface area contributed by atoms with Crippen LogP contribution in [0.2, 0.25) is 0 Å². The van der Waals surface area contributed by atoms with Gasteiger partial charge in [0.05, 0.1) is 35.2 Å². The Hall–Kier alpha value is -4.43. The summed E-state index contributed by atoms with van der Waals surface area (Å²) >= 11 is 0. The molecule has 0 N–H and O–H groups in total. The van der Waals surface area contributed by atoms with Gasteiger partial charge in [-0.25, -0.2) is 0 Å². The summed E-state index contributed by atoms with van der Waals surface area (Å²) in [5.74, 6) is 1.33. The van der Waals surface area contributed by atoms with Crippen molar-refractivity contribution in [2.75, 3.05) is 0 Å². The molecule has 7 heterocycles. The van der Waals surface area contributed by atoms with E-state index in [1.807, 2.05) is 118 Å². The van der Waals surface area contributed by atoms with Crippen molar-refractivity contribution in [3.63, 3.8) is 0 Å². The van der Waals surface area contributed by atoms with Crippen molar-refractivity contribution in [3.05, 3.63) is 108 Å². The van der Waals surface area contributed by atoms with Crippen molar-refractivity contribution in [2.45, 2.75) is 27.7 Å². The number of rotatable bonds is 2. The van der Waals surface area contributed by atoms with Gasteiger partial charge in [0.25, 0.3) is 0 Å². The molecule has 2 aromatic carbocycles. The molecule has 0 saturated carbocycles. The zero-order chi connectivity index (χ0) is 29.8. The molecule has 2 atom stereocenters. The fraction of sp³-hybridized carbons (Fsp3) is 0.143. The van der Waals surface area contributed by atoms with Crippen molar-refractivity contribution in [1.29, 1.82) is 0 Å². The maximum absolute atomic E-state index is 7.01. The largest absolute Gasteiger partial charge is 0.425 e. The van der Waals surface area contributed by atoms with Gasteiger partial charge in [-0.3, -0.25) is 0 Å². The van der Waals surface area contributed by atoms with E-state index in [2.05, 4.69) is 0 Å². The number of aryl methyl sites for hydroxylation is 4. The Bertz CT molecular complexity index is 2220. The number of benzene rings is 2. The summed E-state index contributed by atoms with van der Waals surface area (Å²) in [6.45, 7) is 7.94. The predicted octanol–water partition coefficient (Wildman–Crippen LogP) is 8.17. The number of fused-ring (bicyclic) bond motifs is 8. The van der Waals surface area contributed by atoms with Gasteiger partial charge in [0.1, 0.15) is 11.5 Å². The lowest BCUT2D eigenvalue weighted by Crippen LogP contribution is -2.20. The smallest absolute Gasteiger partial charge is 0.384 e. The molecule has 220 valence electrons. The standard InChI is InChI=1S/C28H26N11O2P3/c1-19-17-21(3)36(31-19)42(37-22(4)18-20(2)32-37)33-43(38-25(13-15-29-38)23-9-5-7-11-27(23)40-43)35-44(34-42)39-26(14-16-30-39)24-10-6-8-12-28(24)41-44/h5-18H,1-4H3. The van der Waals surface area contributed by atoms with Crippen LogP contribution in [0.1, 0.15) is 22.8 Å². The quantitative estimate of drug-likeness (QED) is 0.176. The Morgan fingerprint density at radius 2 is 1.02 bits per heavy atom. The average molecular weight is 642 g/mol. The molecule has 6 aromatic rings. The first-order valence-electron chi connectivity index (χ1n) is 14.0. The van der Waals surface area contributed by atoms with Crippen molar-refractivity contribution >= 4 is 22.7 Å². The Balaban J connectivity index is 1.51. The van der Waals surface area contributed by atoms with Crippen LogP contribution in [-0.4, -0.2) is 38.2 Å². The first-order valence-corrected chi connectivity index (χ1v) is 18.7. The van der Waals surface area contributed by atoms with Crippen molar-refractivity contribution in [1.82, 2.24) is 38.2 Å². The van der Waals surface area contributed by atoms with Crippen LogP contribution in [0.3, 0.4) is 0 Å². The Morgan fingerprint density at radius 1 is 0.545 bits per heavy atom. The summed E-state index contributed by atoms with van der Waals surface area (Å²) in [6, 6.07) is 23.8. The minimum atomic E-state index is -3.46. The van der Waals surface area contributed by atoms with Gasteiger partial charge >= 0.3 is 22.7 Å². The number of hydrogen-bond donors (Lipinski definition) is 0. The molecule has 0 fully saturated rings. The highest BCUT2D eigenvalue weighted by atomic mass is 31.3. The summed E-state index contributed by atoms with van der Waals surface area (Å²) in [5.41, 5.74) is 6.95. The molecule has 16 heteroatoms. The SMILES string of the molecule is Cc1cc(C)n(P2(n3nc(C)cc3C)=NP3(=NP4(=N2)Oc2ccccc2-c2ccnn24)Oc2ccccc2-c2ccnn23)n1. The van der Waals surface area contributed by atoms with Gasteiger partial charge in [-0.05, 0) is 76.2 Å². The minimum Gasteiger partial charge on any atom is -0.425 e. The topological polar surface area (TPSA) is 127 Å². The molecule has 3 aliphatic rings. The summed E-state index contributed by atoms with van der Waals surface area (Å²) in [5, 5.41) is 19.6. The fourth-order valence-corrected chi connectivity index (χ4v) is 18.1. The lowest BCUT2D eigenvalue weighted by molar-refractivity contribution is 0.561. The van der Waals surface area contributed by atoms with Gasteiger partial charge in [-0.1, -0.05) is 24.3 Å². The molecule has 44 heavy (non-hydrogen) atoms. The van der Waals surface area contributed by atoms with Crippen molar-refractivity contribution in [2.24, 2.45) is 13.5 Å². The van der Waals surface area contributed by atoms with Gasteiger partial charge in [-0.2, -0.15) is 38.2 Å². The van der Waals surface area contributed by atoms with E-state index in [4.69, 9.17) is 43.0 Å². The van der Waals surface area contributed by atoms with Gasteiger partial charge in [0, 0.05) is 22.5 Å². The van der Waals surface area contributed by atoms with Crippen LogP contribution >= 0.6 is 22.7 Å². The van der Waals surface area contributed by atoms with E-state index in [0.29, 0.717) is 11.5 Å². The van der Waals surface area contributed by atoms with Gasteiger partial charge < -0.3 is 9.05 Å². The zero-order valence-corrected chi connectivity index (χ0v) is 26.8. The van der Waals surface area contributed by atoms with Crippen LogP contribution in [-0.2, 0) is 0 Å². The Labute approximate surface area is 252 Å². The van der Waals surface area contributed by atoms with E-state index in [9.17, 15) is 0 Å². The molecule has 2 unspecified atom stereocenters. The number of para-hydroxylation sites is 2. The molecule has 2 spiro atoms.